The first-order valence-electron chi connectivity index (χ1n) is 7.19. The summed E-state index contributed by atoms with van der Waals surface area (Å²) >= 11 is 3.31. The van der Waals surface area contributed by atoms with Gasteiger partial charge in [-0.3, -0.25) is 9.59 Å². The van der Waals surface area contributed by atoms with Gasteiger partial charge in [-0.1, -0.05) is 34.1 Å². The maximum atomic E-state index is 12.0. The van der Waals surface area contributed by atoms with Crippen molar-refractivity contribution >= 4 is 45.0 Å². The second kappa shape index (κ2) is 8.26. The van der Waals surface area contributed by atoms with Crippen molar-refractivity contribution in [1.29, 1.82) is 0 Å². The Morgan fingerprint density at radius 2 is 1.54 bits per heavy atom. The van der Waals surface area contributed by atoms with Crippen molar-refractivity contribution in [3.05, 3.63) is 58.6 Å². The van der Waals surface area contributed by atoms with Crippen LogP contribution in [0.25, 0.3) is 0 Å². The van der Waals surface area contributed by atoms with E-state index in [1.807, 2.05) is 0 Å². The third-order valence-electron chi connectivity index (χ3n) is 3.16. The van der Waals surface area contributed by atoms with Gasteiger partial charge in [0.25, 0.3) is 0 Å². The molecule has 7 heteroatoms. The monoisotopic (exact) mass is 389 g/mol. The van der Waals surface area contributed by atoms with E-state index >= 15 is 0 Å². The SMILES string of the molecule is NC(=O)Nc1cccc(NC(=O)CCC(=O)c2ccc(Br)cc2)c1. The summed E-state index contributed by atoms with van der Waals surface area (Å²) in [6.07, 6.45) is 0.190. The molecule has 0 heterocycles. The summed E-state index contributed by atoms with van der Waals surface area (Å²) in [4.78, 5) is 34.8. The lowest BCUT2D eigenvalue weighted by Crippen LogP contribution is -2.19. The van der Waals surface area contributed by atoms with E-state index in [0.717, 1.165) is 4.47 Å². The molecular weight excluding hydrogens is 374 g/mol. The molecule has 0 aliphatic carbocycles. The highest BCUT2D eigenvalue weighted by molar-refractivity contribution is 9.10. The van der Waals surface area contributed by atoms with Crippen LogP contribution in [0, 0.1) is 0 Å². The fraction of sp³-hybridized carbons (Fsp3) is 0.118. The van der Waals surface area contributed by atoms with Gasteiger partial charge >= 0.3 is 6.03 Å². The summed E-state index contributed by atoms with van der Waals surface area (Å²) in [5, 5.41) is 5.10. The molecule has 0 aromatic heterocycles. The molecule has 0 atom stereocenters. The van der Waals surface area contributed by atoms with Gasteiger partial charge in [0, 0.05) is 34.3 Å². The van der Waals surface area contributed by atoms with Crippen molar-refractivity contribution in [3.63, 3.8) is 0 Å². The summed E-state index contributed by atoms with van der Waals surface area (Å²) in [5.74, 6) is -0.376. The zero-order valence-corrected chi connectivity index (χ0v) is 14.3. The Balaban J connectivity index is 1.88. The zero-order chi connectivity index (χ0) is 17.5. The Morgan fingerprint density at radius 1 is 0.917 bits per heavy atom. The Bertz CT molecular complexity index is 760. The lowest BCUT2D eigenvalue weighted by Gasteiger charge is -2.07. The third-order valence-corrected chi connectivity index (χ3v) is 3.69. The van der Waals surface area contributed by atoms with Crippen molar-refractivity contribution in [2.24, 2.45) is 5.73 Å². The van der Waals surface area contributed by atoms with Crippen LogP contribution < -0.4 is 16.4 Å². The van der Waals surface area contributed by atoms with Crippen LogP contribution in [0.15, 0.2) is 53.0 Å². The fourth-order valence-corrected chi connectivity index (χ4v) is 2.31. The van der Waals surface area contributed by atoms with Crippen LogP contribution in [0.5, 0.6) is 0 Å². The van der Waals surface area contributed by atoms with Crippen LogP contribution in [0.4, 0.5) is 16.2 Å². The Labute approximate surface area is 147 Å². The number of hydrogen-bond acceptors (Lipinski definition) is 3. The summed E-state index contributed by atoms with van der Waals surface area (Å²) in [5.41, 5.74) is 6.61. The van der Waals surface area contributed by atoms with Gasteiger partial charge in [0.1, 0.15) is 0 Å². The normalized spacial score (nSPS) is 10.0. The number of halogens is 1. The standard InChI is InChI=1S/C17H16BrN3O3/c18-12-6-4-11(5-7-12)15(22)8-9-16(23)20-13-2-1-3-14(10-13)21-17(19)24/h1-7,10H,8-9H2,(H,20,23)(H3,19,21,24). The predicted molar refractivity (Wildman–Crippen MR) is 96.0 cm³/mol. The number of anilines is 2. The van der Waals surface area contributed by atoms with Crippen LogP contribution >= 0.6 is 15.9 Å². The van der Waals surface area contributed by atoms with E-state index in [4.69, 9.17) is 5.73 Å². The zero-order valence-electron chi connectivity index (χ0n) is 12.7. The summed E-state index contributed by atoms with van der Waals surface area (Å²) in [6, 6.07) is 12.9. The number of nitrogens with two attached hydrogens (primary N) is 1. The highest BCUT2D eigenvalue weighted by Gasteiger charge is 2.10. The molecule has 0 unspecified atom stereocenters. The van der Waals surface area contributed by atoms with Crippen molar-refractivity contribution in [2.75, 3.05) is 10.6 Å². The van der Waals surface area contributed by atoms with Crippen LogP contribution in [-0.2, 0) is 4.79 Å². The number of carbonyl (C=O) groups is 3. The van der Waals surface area contributed by atoms with E-state index < -0.39 is 6.03 Å². The van der Waals surface area contributed by atoms with Crippen LogP contribution in [-0.4, -0.2) is 17.7 Å². The van der Waals surface area contributed by atoms with E-state index in [9.17, 15) is 14.4 Å². The Morgan fingerprint density at radius 3 is 2.17 bits per heavy atom. The van der Waals surface area contributed by atoms with Gasteiger partial charge in [-0.25, -0.2) is 4.79 Å². The highest BCUT2D eigenvalue weighted by Crippen LogP contribution is 2.16. The molecule has 0 fully saturated rings. The van der Waals surface area contributed by atoms with Gasteiger partial charge < -0.3 is 16.4 Å². The number of carbonyl (C=O) groups excluding carboxylic acids is 3. The molecule has 0 spiro atoms. The number of amides is 3. The number of hydrogen-bond donors (Lipinski definition) is 3. The minimum Gasteiger partial charge on any atom is -0.351 e. The molecule has 2 aromatic rings. The van der Waals surface area contributed by atoms with Gasteiger partial charge in [-0.2, -0.15) is 0 Å². The number of benzene rings is 2. The molecule has 0 radical (unpaired) electrons. The molecule has 0 aliphatic rings. The molecule has 0 saturated carbocycles. The molecule has 6 nitrogen and oxygen atoms in total. The Kier molecular flexibility index (Phi) is 6.08. The molecule has 0 saturated heterocycles. The first-order valence-corrected chi connectivity index (χ1v) is 7.98. The number of ketones is 1. The minimum atomic E-state index is -0.682. The molecule has 2 aromatic carbocycles. The molecule has 4 N–H and O–H groups in total. The van der Waals surface area contributed by atoms with Gasteiger partial charge in [-0.05, 0) is 30.3 Å². The number of primary amides is 1. The summed E-state index contributed by atoms with van der Waals surface area (Å²) in [6.45, 7) is 0. The Hall–Kier alpha value is -2.67. The van der Waals surface area contributed by atoms with Crippen LogP contribution in [0.2, 0.25) is 0 Å². The summed E-state index contributed by atoms with van der Waals surface area (Å²) < 4.78 is 0.890. The second-order valence-electron chi connectivity index (χ2n) is 5.05. The maximum absolute atomic E-state index is 12.0. The lowest BCUT2D eigenvalue weighted by molar-refractivity contribution is -0.116. The van der Waals surface area contributed by atoms with E-state index in [1.165, 1.54) is 0 Å². The van der Waals surface area contributed by atoms with Crippen molar-refractivity contribution in [2.45, 2.75) is 12.8 Å². The molecule has 2 rings (SSSR count). The fourth-order valence-electron chi connectivity index (χ4n) is 2.05. The van der Waals surface area contributed by atoms with Gasteiger partial charge in [-0.15, -0.1) is 0 Å². The van der Waals surface area contributed by atoms with Crippen LogP contribution in [0.1, 0.15) is 23.2 Å². The molecule has 124 valence electrons. The number of urea groups is 1. The van der Waals surface area contributed by atoms with E-state index in [2.05, 4.69) is 26.6 Å². The lowest BCUT2D eigenvalue weighted by atomic mass is 10.1. The topological polar surface area (TPSA) is 101 Å². The van der Waals surface area contributed by atoms with E-state index in [0.29, 0.717) is 16.9 Å². The first-order chi connectivity index (χ1) is 11.4. The molecule has 24 heavy (non-hydrogen) atoms. The minimum absolute atomic E-state index is 0.0718. The van der Waals surface area contributed by atoms with Crippen molar-refractivity contribution < 1.29 is 14.4 Å². The predicted octanol–water partition coefficient (Wildman–Crippen LogP) is 3.54. The molecule has 3 amide bonds. The maximum Gasteiger partial charge on any atom is 0.316 e. The highest BCUT2D eigenvalue weighted by atomic mass is 79.9. The molecule has 0 aliphatic heterocycles. The van der Waals surface area contributed by atoms with E-state index in [-0.39, 0.29) is 24.5 Å². The first kappa shape index (κ1) is 17.7. The van der Waals surface area contributed by atoms with E-state index in [1.54, 1.807) is 48.5 Å². The summed E-state index contributed by atoms with van der Waals surface area (Å²) in [7, 11) is 0. The third kappa shape index (κ3) is 5.51. The molecule has 0 bridgehead atoms. The van der Waals surface area contributed by atoms with Crippen molar-refractivity contribution in [1.82, 2.24) is 0 Å². The second-order valence-corrected chi connectivity index (χ2v) is 5.96. The average Bonchev–Trinajstić information content (AvgIpc) is 2.53. The van der Waals surface area contributed by atoms with Crippen LogP contribution in [0.3, 0.4) is 0 Å². The number of nitrogens with one attached hydrogen (secondary N) is 2. The quantitative estimate of drug-likeness (QED) is 0.658. The molecular formula is C17H16BrN3O3. The largest absolute Gasteiger partial charge is 0.351 e. The van der Waals surface area contributed by atoms with Crippen molar-refractivity contribution in [3.8, 4) is 0 Å². The number of rotatable bonds is 6. The van der Waals surface area contributed by atoms with Gasteiger partial charge in [0.15, 0.2) is 5.78 Å². The van der Waals surface area contributed by atoms with Gasteiger partial charge in [0.05, 0.1) is 0 Å². The smallest absolute Gasteiger partial charge is 0.316 e. The average molecular weight is 390 g/mol. The van der Waals surface area contributed by atoms with Gasteiger partial charge in [0.2, 0.25) is 5.91 Å². The number of Topliss-reactive ketones (excluding diaryl/α,β-unsaturated/α-hetero) is 1.